The van der Waals surface area contributed by atoms with Crippen molar-refractivity contribution in [3.63, 3.8) is 0 Å². The third-order valence-electron chi connectivity index (χ3n) is 4.29. The molecule has 1 amide bonds. The van der Waals surface area contributed by atoms with Crippen LogP contribution in [0.1, 0.15) is 19.3 Å². The molecule has 102 valence electrons. The van der Waals surface area contributed by atoms with Crippen LogP contribution in [0.25, 0.3) is 0 Å². The summed E-state index contributed by atoms with van der Waals surface area (Å²) in [5.74, 6) is 0.266. The number of carbonyl (C=O) groups is 1. The van der Waals surface area contributed by atoms with Crippen LogP contribution in [0.4, 0.5) is 0 Å². The minimum Gasteiger partial charge on any atom is -0.392 e. The number of hydrogen-bond donors (Lipinski definition) is 1. The van der Waals surface area contributed by atoms with Crippen molar-refractivity contribution in [1.82, 2.24) is 9.80 Å². The molecule has 2 heterocycles. The van der Waals surface area contributed by atoms with E-state index in [-0.39, 0.29) is 16.7 Å². The number of likely N-dealkylation sites (tertiary alicyclic amines) is 2. The number of carbonyl (C=O) groups excluding carboxylic acids is 1. The molecule has 4 nitrogen and oxygen atoms in total. The lowest BCUT2D eigenvalue weighted by atomic mass is 9.94. The van der Waals surface area contributed by atoms with Gasteiger partial charge in [-0.3, -0.25) is 9.69 Å². The second-order valence-electron chi connectivity index (χ2n) is 5.16. The summed E-state index contributed by atoms with van der Waals surface area (Å²) in [7, 11) is 1.88. The first-order valence-electron chi connectivity index (χ1n) is 6.34. The zero-order valence-electron chi connectivity index (χ0n) is 11.0. The van der Waals surface area contributed by atoms with Crippen molar-refractivity contribution in [3.8, 4) is 0 Å². The van der Waals surface area contributed by atoms with Crippen LogP contribution in [0.5, 0.6) is 0 Å². The van der Waals surface area contributed by atoms with E-state index in [4.69, 9.17) is 18.0 Å². The quantitative estimate of drug-likeness (QED) is 0.775. The Morgan fingerprint density at radius 3 is 2.44 bits per heavy atom. The molecule has 2 aliphatic heterocycles. The van der Waals surface area contributed by atoms with Crippen molar-refractivity contribution in [3.05, 3.63) is 0 Å². The van der Waals surface area contributed by atoms with Crippen LogP contribution in [-0.4, -0.2) is 64.4 Å². The van der Waals surface area contributed by atoms with E-state index in [0.29, 0.717) is 4.99 Å². The number of nitrogens with two attached hydrogens (primary N) is 1. The van der Waals surface area contributed by atoms with E-state index >= 15 is 0 Å². The van der Waals surface area contributed by atoms with E-state index in [1.807, 2.05) is 11.9 Å². The molecule has 0 aromatic carbocycles. The number of rotatable bonds is 3. The number of nitrogens with zero attached hydrogens (tertiary/aromatic N) is 2. The maximum atomic E-state index is 12.0. The normalized spacial score (nSPS) is 28.7. The lowest BCUT2D eigenvalue weighted by Crippen LogP contribution is -2.53. The van der Waals surface area contributed by atoms with Gasteiger partial charge >= 0.3 is 0 Å². The number of thiocarbonyl (C=S) groups is 1. The molecule has 2 fully saturated rings. The summed E-state index contributed by atoms with van der Waals surface area (Å²) >= 11 is 6.96. The second-order valence-corrected chi connectivity index (χ2v) is 6.79. The minimum atomic E-state index is -0.0562. The van der Waals surface area contributed by atoms with Crippen LogP contribution in [0, 0.1) is 0 Å². The zero-order chi connectivity index (χ0) is 13.3. The van der Waals surface area contributed by atoms with Gasteiger partial charge in [-0.25, -0.2) is 0 Å². The summed E-state index contributed by atoms with van der Waals surface area (Å²) in [5.41, 5.74) is 5.88. The number of amides is 1. The van der Waals surface area contributed by atoms with Gasteiger partial charge in [0.1, 0.15) is 0 Å². The molecule has 0 aromatic heterocycles. The monoisotopic (exact) mass is 287 g/mol. The van der Waals surface area contributed by atoms with Crippen LogP contribution in [0.15, 0.2) is 0 Å². The van der Waals surface area contributed by atoms with E-state index in [2.05, 4.69) is 11.2 Å². The highest BCUT2D eigenvalue weighted by Gasteiger charge is 2.41. The van der Waals surface area contributed by atoms with E-state index in [9.17, 15) is 4.79 Å². The van der Waals surface area contributed by atoms with Crippen molar-refractivity contribution in [2.24, 2.45) is 5.73 Å². The molecule has 1 unspecified atom stereocenters. The topological polar surface area (TPSA) is 49.6 Å². The van der Waals surface area contributed by atoms with Crippen molar-refractivity contribution < 1.29 is 4.79 Å². The standard InChI is InChI=1S/C12H21N3OS2/c1-14-6-3-9(10(14)16)15-7-4-12(18-2,5-8-15)11(13)17/h9H,3-8H2,1-2H3,(H2,13,17). The molecule has 0 bridgehead atoms. The van der Waals surface area contributed by atoms with Crippen LogP contribution < -0.4 is 5.73 Å². The molecule has 6 heteroatoms. The maximum absolute atomic E-state index is 12.0. The molecular formula is C12H21N3OS2. The van der Waals surface area contributed by atoms with Gasteiger partial charge in [0.05, 0.1) is 15.8 Å². The average molecular weight is 287 g/mol. The molecule has 0 aliphatic carbocycles. The van der Waals surface area contributed by atoms with Crippen molar-refractivity contribution in [1.29, 1.82) is 0 Å². The lowest BCUT2D eigenvalue weighted by molar-refractivity contribution is -0.131. The van der Waals surface area contributed by atoms with Gasteiger partial charge in [-0.2, -0.15) is 11.8 Å². The van der Waals surface area contributed by atoms with Gasteiger partial charge in [0, 0.05) is 26.7 Å². The number of thioether (sulfide) groups is 1. The third kappa shape index (κ3) is 2.38. The zero-order valence-corrected chi connectivity index (χ0v) is 12.6. The van der Waals surface area contributed by atoms with Gasteiger partial charge in [-0.05, 0) is 25.5 Å². The molecule has 2 N–H and O–H groups in total. The third-order valence-corrected chi connectivity index (χ3v) is 6.22. The van der Waals surface area contributed by atoms with Gasteiger partial charge in [0.15, 0.2) is 0 Å². The Kier molecular flexibility index (Phi) is 4.18. The number of piperidine rings is 1. The first-order chi connectivity index (χ1) is 8.50. The van der Waals surface area contributed by atoms with Gasteiger partial charge in [0.2, 0.25) is 5.91 Å². The largest absolute Gasteiger partial charge is 0.392 e. The Balaban J connectivity index is 1.98. The second kappa shape index (κ2) is 5.35. The molecule has 0 spiro atoms. The molecule has 0 saturated carbocycles. The lowest BCUT2D eigenvalue weighted by Gasteiger charge is -2.41. The summed E-state index contributed by atoms with van der Waals surface area (Å²) < 4.78 is -0.0562. The highest BCUT2D eigenvalue weighted by molar-refractivity contribution is 8.02. The average Bonchev–Trinajstić information content (AvgIpc) is 2.70. The van der Waals surface area contributed by atoms with E-state index in [1.54, 1.807) is 11.8 Å². The molecular weight excluding hydrogens is 266 g/mol. The summed E-state index contributed by atoms with van der Waals surface area (Å²) in [6, 6.07) is 0.0844. The Bertz CT molecular complexity index is 353. The van der Waals surface area contributed by atoms with Crippen molar-refractivity contribution in [2.45, 2.75) is 30.1 Å². The SMILES string of the molecule is CSC1(C(N)=S)CCN(C2CCN(C)C2=O)CC1. The summed E-state index contributed by atoms with van der Waals surface area (Å²) in [6.07, 6.45) is 4.94. The first-order valence-corrected chi connectivity index (χ1v) is 7.97. The molecule has 1 atom stereocenters. The molecule has 0 aromatic rings. The van der Waals surface area contributed by atoms with Crippen LogP contribution >= 0.6 is 24.0 Å². The Labute approximate surface area is 118 Å². The first kappa shape index (κ1) is 14.1. The predicted octanol–water partition coefficient (Wildman–Crippen LogP) is 0.701. The summed E-state index contributed by atoms with van der Waals surface area (Å²) in [4.78, 5) is 16.7. The van der Waals surface area contributed by atoms with Crippen LogP contribution in [-0.2, 0) is 4.79 Å². The highest BCUT2D eigenvalue weighted by atomic mass is 32.2. The van der Waals surface area contributed by atoms with Gasteiger partial charge in [0.25, 0.3) is 0 Å². The number of hydrogen-bond acceptors (Lipinski definition) is 4. The Hall–Kier alpha value is -0.330. The van der Waals surface area contributed by atoms with E-state index in [0.717, 1.165) is 38.9 Å². The fourth-order valence-electron chi connectivity index (χ4n) is 2.89. The smallest absolute Gasteiger partial charge is 0.239 e. The summed E-state index contributed by atoms with van der Waals surface area (Å²) in [6.45, 7) is 2.72. The van der Waals surface area contributed by atoms with E-state index in [1.165, 1.54) is 0 Å². The predicted molar refractivity (Wildman–Crippen MR) is 79.9 cm³/mol. The molecule has 2 aliphatic rings. The van der Waals surface area contributed by atoms with Gasteiger partial charge in [-0.15, -0.1) is 0 Å². The Morgan fingerprint density at radius 1 is 1.44 bits per heavy atom. The Morgan fingerprint density at radius 2 is 2.06 bits per heavy atom. The highest BCUT2D eigenvalue weighted by Crippen LogP contribution is 2.36. The van der Waals surface area contributed by atoms with Crippen molar-refractivity contribution in [2.75, 3.05) is 32.9 Å². The van der Waals surface area contributed by atoms with Gasteiger partial charge < -0.3 is 10.6 Å². The fourth-order valence-corrected chi connectivity index (χ4v) is 4.14. The number of likely N-dealkylation sites (N-methyl/N-ethyl adjacent to an activating group) is 1. The van der Waals surface area contributed by atoms with Crippen molar-refractivity contribution >= 4 is 34.9 Å². The molecule has 2 rings (SSSR count). The van der Waals surface area contributed by atoms with Gasteiger partial charge in [-0.1, -0.05) is 12.2 Å². The minimum absolute atomic E-state index is 0.0562. The molecule has 0 radical (unpaired) electrons. The van der Waals surface area contributed by atoms with Crippen LogP contribution in [0.3, 0.4) is 0 Å². The molecule has 18 heavy (non-hydrogen) atoms. The fraction of sp³-hybridized carbons (Fsp3) is 0.833. The van der Waals surface area contributed by atoms with E-state index < -0.39 is 0 Å². The summed E-state index contributed by atoms with van der Waals surface area (Å²) in [5, 5.41) is 0. The maximum Gasteiger partial charge on any atom is 0.239 e. The van der Waals surface area contributed by atoms with Crippen LogP contribution in [0.2, 0.25) is 0 Å². The molecule has 2 saturated heterocycles.